The summed E-state index contributed by atoms with van der Waals surface area (Å²) in [5.41, 5.74) is 3.39. The van der Waals surface area contributed by atoms with Crippen LogP contribution in [0.2, 0.25) is 0 Å². The average Bonchev–Trinajstić information content (AvgIpc) is 3.31. The molecular weight excluding hydrogens is 346 g/mol. The Balaban J connectivity index is 1.60. The molecule has 2 heterocycles. The molecule has 0 aliphatic rings. The van der Waals surface area contributed by atoms with Crippen LogP contribution in [-0.4, -0.2) is 45.4 Å². The van der Waals surface area contributed by atoms with Crippen LogP contribution >= 0.6 is 0 Å². The molecule has 0 amide bonds. The van der Waals surface area contributed by atoms with Crippen LogP contribution in [0.5, 0.6) is 0 Å². The number of aromatic nitrogens is 4. The number of H-pyrrole nitrogens is 1. The molecular formula is C19H23N5O3. The lowest BCUT2D eigenvalue weighted by molar-refractivity contribution is 0.0600. The third-order valence-corrected chi connectivity index (χ3v) is 4.07. The summed E-state index contributed by atoms with van der Waals surface area (Å²) in [6.07, 6.45) is 2.05. The first-order chi connectivity index (χ1) is 13.1. The zero-order chi connectivity index (χ0) is 19.2. The van der Waals surface area contributed by atoms with Crippen LogP contribution in [0.4, 0.5) is 0 Å². The Morgan fingerprint density at radius 1 is 1.26 bits per heavy atom. The minimum absolute atomic E-state index is 0.377. The molecule has 0 fully saturated rings. The van der Waals surface area contributed by atoms with Crippen molar-refractivity contribution >= 4 is 5.97 Å². The summed E-state index contributed by atoms with van der Waals surface area (Å²) in [4.78, 5) is 18.0. The number of aryl methyl sites for hydroxylation is 1. The van der Waals surface area contributed by atoms with Crippen LogP contribution in [0, 0.1) is 0 Å². The van der Waals surface area contributed by atoms with Gasteiger partial charge in [-0.15, -0.1) is 0 Å². The van der Waals surface area contributed by atoms with E-state index in [4.69, 9.17) is 9.26 Å². The van der Waals surface area contributed by atoms with Crippen molar-refractivity contribution < 1.29 is 14.1 Å². The number of aromatic amines is 1. The number of rotatable bonds is 8. The molecule has 1 N–H and O–H groups in total. The number of methoxy groups -OCH3 is 1. The maximum Gasteiger partial charge on any atom is 0.337 e. The number of carbonyl (C=O) groups excluding carboxylic acids is 1. The fourth-order valence-corrected chi connectivity index (χ4v) is 2.76. The summed E-state index contributed by atoms with van der Waals surface area (Å²) in [5.74, 6) is 0.636. The quantitative estimate of drug-likeness (QED) is 0.610. The van der Waals surface area contributed by atoms with Crippen LogP contribution in [0.25, 0.3) is 11.4 Å². The zero-order valence-corrected chi connectivity index (χ0v) is 15.7. The van der Waals surface area contributed by atoms with Gasteiger partial charge in [0.15, 0.2) is 0 Å². The van der Waals surface area contributed by atoms with Gasteiger partial charge in [-0.05, 0) is 31.7 Å². The van der Waals surface area contributed by atoms with Gasteiger partial charge in [-0.2, -0.15) is 10.1 Å². The van der Waals surface area contributed by atoms with Crippen LogP contribution < -0.4 is 0 Å². The number of ether oxygens (including phenoxy) is 1. The summed E-state index contributed by atoms with van der Waals surface area (Å²) in [6.45, 7) is 3.37. The van der Waals surface area contributed by atoms with Gasteiger partial charge in [0.05, 0.1) is 24.9 Å². The highest BCUT2D eigenvalue weighted by atomic mass is 16.5. The smallest absolute Gasteiger partial charge is 0.337 e. The van der Waals surface area contributed by atoms with Gasteiger partial charge in [0.2, 0.25) is 11.7 Å². The predicted octanol–water partition coefficient (Wildman–Crippen LogP) is 2.83. The molecule has 0 saturated carbocycles. The topological polar surface area (TPSA) is 97.1 Å². The van der Waals surface area contributed by atoms with Crippen LogP contribution in [0.3, 0.4) is 0 Å². The minimum Gasteiger partial charge on any atom is -0.465 e. The van der Waals surface area contributed by atoms with Gasteiger partial charge in [0.25, 0.3) is 0 Å². The number of carbonyl (C=O) groups is 1. The van der Waals surface area contributed by atoms with Gasteiger partial charge in [0.1, 0.15) is 0 Å². The fraction of sp³-hybridized carbons (Fsp3) is 0.368. The molecule has 0 atom stereocenters. The lowest BCUT2D eigenvalue weighted by Gasteiger charge is -2.12. The number of esters is 1. The summed E-state index contributed by atoms with van der Waals surface area (Å²) in [7, 11) is 3.33. The summed E-state index contributed by atoms with van der Waals surface area (Å²) < 4.78 is 10.0. The molecule has 0 aliphatic heterocycles. The number of hydrogen-bond donors (Lipinski definition) is 1. The van der Waals surface area contributed by atoms with Gasteiger partial charge >= 0.3 is 5.97 Å². The minimum atomic E-state index is -0.377. The van der Waals surface area contributed by atoms with Gasteiger partial charge < -0.3 is 9.26 Å². The molecule has 8 nitrogen and oxygen atoms in total. The van der Waals surface area contributed by atoms with Crippen molar-refractivity contribution in [1.82, 2.24) is 25.2 Å². The average molecular weight is 369 g/mol. The predicted molar refractivity (Wildman–Crippen MR) is 98.8 cm³/mol. The first-order valence-corrected chi connectivity index (χ1v) is 8.82. The Morgan fingerprint density at radius 2 is 2.04 bits per heavy atom. The molecule has 0 radical (unpaired) electrons. The van der Waals surface area contributed by atoms with Crippen LogP contribution in [0.1, 0.15) is 41.0 Å². The Labute approximate surface area is 157 Å². The highest BCUT2D eigenvalue weighted by Crippen LogP contribution is 2.18. The Morgan fingerprint density at radius 3 is 2.74 bits per heavy atom. The van der Waals surface area contributed by atoms with E-state index in [2.05, 4.69) is 38.2 Å². The van der Waals surface area contributed by atoms with E-state index in [1.165, 1.54) is 7.11 Å². The lowest BCUT2D eigenvalue weighted by Crippen LogP contribution is -2.17. The highest BCUT2D eigenvalue weighted by Gasteiger charge is 2.13. The molecule has 0 bridgehead atoms. The van der Waals surface area contributed by atoms with Crippen molar-refractivity contribution in [3.8, 4) is 11.4 Å². The molecule has 3 aromatic rings. The van der Waals surface area contributed by atoms with Crippen LogP contribution in [0.15, 0.2) is 34.9 Å². The summed E-state index contributed by atoms with van der Waals surface area (Å²) in [6, 6.07) is 8.97. The number of benzene rings is 1. The molecule has 0 unspecified atom stereocenters. The normalized spacial score (nSPS) is 11.1. The number of nitrogens with zero attached hydrogens (tertiary/aromatic N) is 4. The van der Waals surface area contributed by atoms with Gasteiger partial charge in [-0.1, -0.05) is 30.6 Å². The molecule has 3 rings (SSSR count). The van der Waals surface area contributed by atoms with E-state index < -0.39 is 0 Å². The molecule has 1 aromatic carbocycles. The first kappa shape index (κ1) is 18.8. The molecule has 0 saturated heterocycles. The second-order valence-corrected chi connectivity index (χ2v) is 6.39. The Bertz CT molecular complexity index is 885. The van der Waals surface area contributed by atoms with E-state index in [1.807, 2.05) is 7.05 Å². The van der Waals surface area contributed by atoms with Crippen LogP contribution in [-0.2, 0) is 24.2 Å². The Kier molecular flexibility index (Phi) is 5.97. The van der Waals surface area contributed by atoms with Crippen molar-refractivity contribution in [2.75, 3.05) is 14.2 Å². The second-order valence-electron chi connectivity index (χ2n) is 6.39. The zero-order valence-electron chi connectivity index (χ0n) is 15.7. The molecule has 8 heteroatoms. The fourth-order valence-electron chi connectivity index (χ4n) is 2.76. The lowest BCUT2D eigenvalue weighted by atomic mass is 10.1. The van der Waals surface area contributed by atoms with Crippen molar-refractivity contribution in [2.24, 2.45) is 0 Å². The first-order valence-electron chi connectivity index (χ1n) is 8.82. The van der Waals surface area contributed by atoms with E-state index in [1.54, 1.807) is 24.3 Å². The van der Waals surface area contributed by atoms with E-state index in [0.717, 1.165) is 29.8 Å². The standard InChI is InChI=1S/C19H23N5O3/c1-4-5-15-10-16(22-21-15)11-24(2)12-17-20-18(23-27-17)13-6-8-14(9-7-13)19(25)26-3/h6-10H,4-5,11-12H2,1-3H3,(H,21,22). The molecule has 27 heavy (non-hydrogen) atoms. The molecule has 0 spiro atoms. The monoisotopic (exact) mass is 369 g/mol. The van der Waals surface area contributed by atoms with Gasteiger partial charge in [-0.25, -0.2) is 4.79 Å². The number of nitrogens with one attached hydrogen (secondary N) is 1. The molecule has 0 aliphatic carbocycles. The molecule has 142 valence electrons. The number of hydrogen-bond acceptors (Lipinski definition) is 7. The van der Waals surface area contributed by atoms with E-state index in [0.29, 0.717) is 30.4 Å². The van der Waals surface area contributed by atoms with E-state index in [9.17, 15) is 4.79 Å². The summed E-state index contributed by atoms with van der Waals surface area (Å²) >= 11 is 0. The van der Waals surface area contributed by atoms with Crippen molar-refractivity contribution in [1.29, 1.82) is 0 Å². The van der Waals surface area contributed by atoms with Gasteiger partial charge in [0, 0.05) is 17.8 Å². The third kappa shape index (κ3) is 4.79. The van der Waals surface area contributed by atoms with Crippen molar-refractivity contribution in [2.45, 2.75) is 32.9 Å². The second kappa shape index (κ2) is 8.59. The highest BCUT2D eigenvalue weighted by molar-refractivity contribution is 5.89. The van der Waals surface area contributed by atoms with Crippen molar-refractivity contribution in [3.63, 3.8) is 0 Å². The third-order valence-electron chi connectivity index (χ3n) is 4.07. The molecule has 2 aromatic heterocycles. The largest absolute Gasteiger partial charge is 0.465 e. The SMILES string of the molecule is CCCc1cc(CN(C)Cc2nc(-c3ccc(C(=O)OC)cc3)no2)[nH]n1. The maximum atomic E-state index is 11.5. The van der Waals surface area contributed by atoms with Gasteiger partial charge in [-0.3, -0.25) is 10.00 Å². The Hall–Kier alpha value is -3.00. The van der Waals surface area contributed by atoms with E-state index >= 15 is 0 Å². The van der Waals surface area contributed by atoms with E-state index in [-0.39, 0.29) is 5.97 Å². The van der Waals surface area contributed by atoms with Crippen molar-refractivity contribution in [3.05, 3.63) is 53.2 Å². The maximum absolute atomic E-state index is 11.5. The summed E-state index contributed by atoms with van der Waals surface area (Å²) in [5, 5.41) is 11.4.